The van der Waals surface area contributed by atoms with Crippen LogP contribution in [0.3, 0.4) is 0 Å². The molecule has 0 aromatic rings. The zero-order valence-electron chi connectivity index (χ0n) is 7.51. The summed E-state index contributed by atoms with van der Waals surface area (Å²) in [6.07, 6.45) is 0.108. The quantitative estimate of drug-likeness (QED) is 0.272. The maximum Gasteiger partial charge on any atom is 0.437 e. The monoisotopic (exact) mass is 190 g/mol. The highest BCUT2D eigenvalue weighted by Gasteiger charge is 2.00. The van der Waals surface area contributed by atoms with Crippen LogP contribution >= 0.6 is 0 Å². The Morgan fingerprint density at radius 2 is 1.92 bits per heavy atom. The van der Waals surface area contributed by atoms with Gasteiger partial charge in [-0.15, -0.1) is 4.99 Å². The summed E-state index contributed by atoms with van der Waals surface area (Å²) in [6.45, 7) is 0. The van der Waals surface area contributed by atoms with Crippen LogP contribution in [-0.2, 0) is 19.2 Å². The minimum atomic E-state index is -0.814. The van der Waals surface area contributed by atoms with E-state index in [-0.39, 0.29) is 6.02 Å². The number of rotatable bonds is 2. The molecule has 1 amide bonds. The van der Waals surface area contributed by atoms with Crippen LogP contribution < -0.4 is 0 Å². The van der Waals surface area contributed by atoms with Crippen molar-refractivity contribution >= 4 is 18.5 Å². The van der Waals surface area contributed by atoms with Crippen LogP contribution in [0.1, 0.15) is 0 Å². The normalized spacial score (nSPS) is 11.5. The Kier molecular flexibility index (Phi) is 6.16. The van der Waals surface area contributed by atoms with E-state index in [1.54, 1.807) is 0 Å². The molecule has 0 aliphatic carbocycles. The molecular weight excluding hydrogens is 180 g/mol. The number of carbonyl (C=O) groups is 1. The molecule has 0 aliphatic rings. The van der Waals surface area contributed by atoms with E-state index in [9.17, 15) is 4.79 Å². The first-order chi connectivity index (χ1) is 6.24. The molecule has 0 saturated heterocycles. The first-order valence-corrected chi connectivity index (χ1v) is 3.17. The van der Waals surface area contributed by atoms with E-state index in [2.05, 4.69) is 29.2 Å². The molecule has 0 radical (unpaired) electrons. The maximum atomic E-state index is 10.6. The van der Waals surface area contributed by atoms with Gasteiger partial charge in [0.15, 0.2) is 0 Å². The molecule has 13 heavy (non-hydrogen) atoms. The summed E-state index contributed by atoms with van der Waals surface area (Å²) in [5, 5.41) is 0. The van der Waals surface area contributed by atoms with Crippen LogP contribution in [0.5, 0.6) is 0 Å². The van der Waals surface area contributed by atoms with Crippen LogP contribution in [-0.4, -0.2) is 39.8 Å². The van der Waals surface area contributed by atoms with Crippen LogP contribution in [0.25, 0.3) is 0 Å². The van der Waals surface area contributed by atoms with Gasteiger partial charge in [0.05, 0.1) is 21.3 Å². The number of hydrogen-bond donors (Lipinski definition) is 0. The second-order valence-electron chi connectivity index (χ2n) is 1.57. The molecule has 0 N–H and O–H groups in total. The fourth-order valence-corrected chi connectivity index (χ4v) is 0.361. The molecular formula is C6H10N2O5. The Hall–Kier alpha value is -1.63. The van der Waals surface area contributed by atoms with Gasteiger partial charge in [-0.2, -0.15) is 9.88 Å². The van der Waals surface area contributed by atoms with E-state index in [4.69, 9.17) is 0 Å². The highest BCUT2D eigenvalue weighted by molar-refractivity contribution is 5.89. The van der Waals surface area contributed by atoms with Gasteiger partial charge in [-0.25, -0.2) is 4.79 Å². The first kappa shape index (κ1) is 11.4. The van der Waals surface area contributed by atoms with Crippen molar-refractivity contribution in [3.63, 3.8) is 0 Å². The molecule has 0 aromatic heterocycles. The van der Waals surface area contributed by atoms with Gasteiger partial charge in [-0.05, 0) is 0 Å². The van der Waals surface area contributed by atoms with Crippen LogP contribution in [0.4, 0.5) is 4.79 Å². The number of amidine groups is 1. The average molecular weight is 190 g/mol. The molecule has 0 rings (SSSR count). The molecule has 7 heteroatoms. The lowest BCUT2D eigenvalue weighted by Gasteiger charge is -1.96. The molecule has 0 unspecified atom stereocenters. The SMILES string of the molecule is COOC=NC(=NC(=O)OC)OC. The molecule has 0 spiro atoms. The summed E-state index contributed by atoms with van der Waals surface area (Å²) < 4.78 is 8.82. The summed E-state index contributed by atoms with van der Waals surface area (Å²) in [5.74, 6) is 0. The van der Waals surface area contributed by atoms with Crippen molar-refractivity contribution in [2.75, 3.05) is 21.3 Å². The standard InChI is InChI=1S/C6H10N2O5/c1-10-5(7-4-13-12-3)8-6(9)11-2/h4H,1-3H3. The number of nitrogens with zero attached hydrogens (tertiary/aromatic N) is 2. The minimum Gasteiger partial charge on any atom is -0.467 e. The number of aliphatic imine (C=N–C) groups is 2. The zero-order chi connectivity index (χ0) is 10.1. The van der Waals surface area contributed by atoms with E-state index in [0.29, 0.717) is 0 Å². The number of methoxy groups -OCH3 is 2. The molecule has 0 bridgehead atoms. The Morgan fingerprint density at radius 1 is 1.23 bits per heavy atom. The smallest absolute Gasteiger partial charge is 0.437 e. The highest BCUT2D eigenvalue weighted by Crippen LogP contribution is 1.86. The van der Waals surface area contributed by atoms with Crippen molar-refractivity contribution in [3.05, 3.63) is 0 Å². The molecule has 0 aliphatic heterocycles. The highest BCUT2D eigenvalue weighted by atomic mass is 17.2. The molecule has 74 valence electrons. The Labute approximate surface area is 74.9 Å². The third-order valence-electron chi connectivity index (χ3n) is 0.847. The summed E-state index contributed by atoms with van der Waals surface area (Å²) in [6, 6.07) is -0.191. The molecule has 0 fully saturated rings. The van der Waals surface area contributed by atoms with Crippen molar-refractivity contribution in [3.8, 4) is 0 Å². The molecule has 0 saturated carbocycles. The van der Waals surface area contributed by atoms with E-state index >= 15 is 0 Å². The predicted octanol–water partition coefficient (Wildman–Crippen LogP) is 0.361. The van der Waals surface area contributed by atoms with Gasteiger partial charge >= 0.3 is 12.1 Å². The second kappa shape index (κ2) is 7.04. The molecule has 0 heterocycles. The fraction of sp³-hybridized carbons (Fsp3) is 0.500. The van der Waals surface area contributed by atoms with Gasteiger partial charge in [0.1, 0.15) is 0 Å². The van der Waals surface area contributed by atoms with Crippen LogP contribution in [0, 0.1) is 0 Å². The Bertz CT molecular complexity index is 213. The largest absolute Gasteiger partial charge is 0.467 e. The number of amides is 1. The van der Waals surface area contributed by atoms with Crippen LogP contribution in [0.2, 0.25) is 0 Å². The summed E-state index contributed by atoms with van der Waals surface area (Å²) in [7, 11) is 3.79. The maximum absolute atomic E-state index is 10.6. The van der Waals surface area contributed by atoms with E-state index in [0.717, 1.165) is 6.40 Å². The van der Waals surface area contributed by atoms with Gasteiger partial charge in [-0.3, -0.25) is 0 Å². The van der Waals surface area contributed by atoms with Crippen LogP contribution in [0.15, 0.2) is 9.98 Å². The van der Waals surface area contributed by atoms with Crippen molar-refractivity contribution in [1.82, 2.24) is 0 Å². The predicted molar refractivity (Wildman–Crippen MR) is 43.4 cm³/mol. The van der Waals surface area contributed by atoms with Crippen molar-refractivity contribution < 1.29 is 24.0 Å². The van der Waals surface area contributed by atoms with Crippen molar-refractivity contribution in [2.45, 2.75) is 0 Å². The summed E-state index contributed by atoms with van der Waals surface area (Å²) in [5.41, 5.74) is 0. The molecule has 0 atom stereocenters. The van der Waals surface area contributed by atoms with Gasteiger partial charge in [0, 0.05) is 0 Å². The lowest BCUT2D eigenvalue weighted by atomic mass is 11.0. The second-order valence-corrected chi connectivity index (χ2v) is 1.57. The Balaban J connectivity index is 4.16. The first-order valence-electron chi connectivity index (χ1n) is 3.17. The lowest BCUT2D eigenvalue weighted by Crippen LogP contribution is -2.04. The van der Waals surface area contributed by atoms with Crippen molar-refractivity contribution in [2.24, 2.45) is 9.98 Å². The number of carbonyl (C=O) groups excluding carboxylic acids is 1. The van der Waals surface area contributed by atoms with Crippen molar-refractivity contribution in [1.29, 1.82) is 0 Å². The van der Waals surface area contributed by atoms with Gasteiger partial charge in [-0.1, -0.05) is 0 Å². The van der Waals surface area contributed by atoms with Gasteiger partial charge < -0.3 is 14.4 Å². The summed E-state index contributed by atoms with van der Waals surface area (Å²) >= 11 is 0. The lowest BCUT2D eigenvalue weighted by molar-refractivity contribution is -0.187. The average Bonchev–Trinajstić information content (AvgIpc) is 2.16. The molecule has 7 nitrogen and oxygen atoms in total. The third-order valence-corrected chi connectivity index (χ3v) is 0.847. The van der Waals surface area contributed by atoms with E-state index in [1.807, 2.05) is 0 Å². The van der Waals surface area contributed by atoms with Gasteiger partial charge in [0.25, 0.3) is 0 Å². The Morgan fingerprint density at radius 3 is 2.38 bits per heavy atom. The summed E-state index contributed by atoms with van der Waals surface area (Å²) in [4.78, 5) is 25.8. The zero-order valence-corrected chi connectivity index (χ0v) is 7.51. The number of hydrogen-bond acceptors (Lipinski definition) is 5. The molecule has 0 aromatic carbocycles. The van der Waals surface area contributed by atoms with E-state index < -0.39 is 6.09 Å². The van der Waals surface area contributed by atoms with Gasteiger partial charge in [0.2, 0.25) is 6.40 Å². The third kappa shape index (κ3) is 5.62. The fourth-order valence-electron chi connectivity index (χ4n) is 0.361. The van der Waals surface area contributed by atoms with E-state index in [1.165, 1.54) is 21.3 Å². The topological polar surface area (TPSA) is 78.7 Å². The minimum absolute atomic E-state index is 0.191. The number of ether oxygens (including phenoxy) is 2.